The van der Waals surface area contributed by atoms with E-state index >= 15 is 0 Å². The first-order chi connectivity index (χ1) is 20.0. The third kappa shape index (κ3) is 6.87. The number of carbonyl (C=O) groups is 3. The minimum absolute atomic E-state index is 0.111. The Morgan fingerprint density at radius 1 is 0.500 bits per heavy atom. The smallest absolute Gasteiger partial charge is 0.335 e. The van der Waals surface area contributed by atoms with Gasteiger partial charge in [0.25, 0.3) is 0 Å². The van der Waals surface area contributed by atoms with E-state index in [1.165, 1.54) is 36.4 Å². The van der Waals surface area contributed by atoms with Crippen LogP contribution in [0.5, 0.6) is 17.2 Å². The zero-order valence-corrected chi connectivity index (χ0v) is 23.3. The van der Waals surface area contributed by atoms with Crippen molar-refractivity contribution in [3.63, 3.8) is 0 Å². The fraction of sp³-hybridized carbons (Fsp3) is 0.182. The predicted octanol–water partition coefficient (Wildman–Crippen LogP) is 6.44. The van der Waals surface area contributed by atoms with Crippen LogP contribution in [0.2, 0.25) is 0 Å². The van der Waals surface area contributed by atoms with Crippen molar-refractivity contribution in [1.29, 1.82) is 0 Å². The van der Waals surface area contributed by atoms with E-state index in [-0.39, 0.29) is 36.5 Å². The molecular formula is C33H30O9. The number of ether oxygens (including phenoxy) is 3. The summed E-state index contributed by atoms with van der Waals surface area (Å²) in [4.78, 5) is 34.2. The van der Waals surface area contributed by atoms with Crippen LogP contribution in [0.4, 0.5) is 0 Å². The van der Waals surface area contributed by atoms with Crippen molar-refractivity contribution in [3.05, 3.63) is 123 Å². The Balaban J connectivity index is 1.68. The fourth-order valence-corrected chi connectivity index (χ4v) is 4.66. The van der Waals surface area contributed by atoms with E-state index in [4.69, 9.17) is 14.2 Å². The summed E-state index contributed by atoms with van der Waals surface area (Å²) in [6.07, 6.45) is 0. The molecule has 0 fully saturated rings. The van der Waals surface area contributed by atoms with E-state index in [1.54, 1.807) is 36.4 Å². The second-order valence-corrected chi connectivity index (χ2v) is 9.68. The van der Waals surface area contributed by atoms with Gasteiger partial charge in [0.2, 0.25) is 0 Å². The summed E-state index contributed by atoms with van der Waals surface area (Å²) in [7, 11) is 0. The maximum atomic E-state index is 11.4. The highest BCUT2D eigenvalue weighted by molar-refractivity contribution is 5.89. The van der Waals surface area contributed by atoms with E-state index in [9.17, 15) is 29.7 Å². The number of rotatable bonds is 12. The summed E-state index contributed by atoms with van der Waals surface area (Å²) >= 11 is 0. The third-order valence-electron chi connectivity index (χ3n) is 7.11. The van der Waals surface area contributed by atoms with Gasteiger partial charge in [0.1, 0.15) is 37.1 Å². The highest BCUT2D eigenvalue weighted by atomic mass is 16.5. The lowest BCUT2D eigenvalue weighted by Crippen LogP contribution is -2.13. The molecule has 0 saturated heterocycles. The van der Waals surface area contributed by atoms with E-state index in [0.717, 1.165) is 33.4 Å². The van der Waals surface area contributed by atoms with Crippen molar-refractivity contribution in [2.75, 3.05) is 0 Å². The van der Waals surface area contributed by atoms with Gasteiger partial charge in [0.05, 0.1) is 16.7 Å². The molecule has 3 N–H and O–H groups in total. The summed E-state index contributed by atoms with van der Waals surface area (Å²) in [5, 5.41) is 28.0. The Labute approximate surface area is 242 Å². The molecule has 0 saturated carbocycles. The first-order valence-electron chi connectivity index (χ1n) is 13.0. The number of hydrogen-bond acceptors (Lipinski definition) is 6. The van der Waals surface area contributed by atoms with Gasteiger partial charge in [0, 0.05) is 0 Å². The summed E-state index contributed by atoms with van der Waals surface area (Å²) in [6, 6.07) is 18.7. The van der Waals surface area contributed by atoms with Gasteiger partial charge in [-0.2, -0.15) is 0 Å². The molecular weight excluding hydrogens is 540 g/mol. The zero-order valence-electron chi connectivity index (χ0n) is 23.3. The standard InChI is InChI=1S/C33H30O9/c1-19-28(16-40-25-10-4-7-22(13-25)31(34)35)20(2)30(18-42-27-12-6-9-24(15-27)33(38)39)21(3)29(19)17-41-26-11-5-8-23(14-26)32(36)37/h4-15H,16-18H2,1-3H3,(H,34,35)(H,36,37)(H,38,39). The highest BCUT2D eigenvalue weighted by Gasteiger charge is 2.19. The van der Waals surface area contributed by atoms with E-state index < -0.39 is 17.9 Å². The number of hydrogen-bond donors (Lipinski definition) is 3. The predicted molar refractivity (Wildman–Crippen MR) is 154 cm³/mol. The topological polar surface area (TPSA) is 140 Å². The van der Waals surface area contributed by atoms with E-state index in [1.807, 2.05) is 20.8 Å². The Hall–Kier alpha value is -5.31. The second kappa shape index (κ2) is 12.9. The average Bonchev–Trinajstić information content (AvgIpc) is 2.97. The minimum Gasteiger partial charge on any atom is -0.489 e. The van der Waals surface area contributed by atoms with Crippen LogP contribution >= 0.6 is 0 Å². The van der Waals surface area contributed by atoms with Gasteiger partial charge in [-0.15, -0.1) is 0 Å². The number of carboxylic acids is 3. The van der Waals surface area contributed by atoms with Gasteiger partial charge in [-0.05, 0) is 109 Å². The molecule has 4 rings (SSSR count). The van der Waals surface area contributed by atoms with Gasteiger partial charge in [-0.3, -0.25) is 0 Å². The van der Waals surface area contributed by atoms with Crippen LogP contribution in [0, 0.1) is 20.8 Å². The largest absolute Gasteiger partial charge is 0.489 e. The monoisotopic (exact) mass is 570 g/mol. The molecule has 0 spiro atoms. The molecule has 0 amide bonds. The van der Waals surface area contributed by atoms with Crippen molar-refractivity contribution < 1.29 is 43.9 Å². The fourth-order valence-electron chi connectivity index (χ4n) is 4.66. The lowest BCUT2D eigenvalue weighted by molar-refractivity contribution is 0.0685. The molecule has 0 radical (unpaired) electrons. The summed E-state index contributed by atoms with van der Waals surface area (Å²) < 4.78 is 18.1. The molecule has 4 aromatic carbocycles. The molecule has 4 aromatic rings. The normalized spacial score (nSPS) is 10.6. The van der Waals surface area contributed by atoms with Crippen LogP contribution in [0.3, 0.4) is 0 Å². The maximum Gasteiger partial charge on any atom is 0.335 e. The SMILES string of the molecule is Cc1c(COc2cccc(C(=O)O)c2)c(C)c(COc2cccc(C(=O)O)c2)c(C)c1COc1cccc(C(=O)O)c1. The van der Waals surface area contributed by atoms with Crippen molar-refractivity contribution in [1.82, 2.24) is 0 Å². The molecule has 0 aliphatic rings. The van der Waals surface area contributed by atoms with Crippen LogP contribution in [0.25, 0.3) is 0 Å². The Morgan fingerprint density at radius 2 is 0.762 bits per heavy atom. The van der Waals surface area contributed by atoms with Gasteiger partial charge in [-0.25, -0.2) is 14.4 Å². The minimum atomic E-state index is -1.05. The maximum absolute atomic E-state index is 11.4. The van der Waals surface area contributed by atoms with E-state index in [2.05, 4.69) is 0 Å². The van der Waals surface area contributed by atoms with Crippen LogP contribution in [-0.4, -0.2) is 33.2 Å². The quantitative estimate of drug-likeness (QED) is 0.175. The molecule has 0 atom stereocenters. The van der Waals surface area contributed by atoms with Crippen LogP contribution in [0.1, 0.15) is 64.5 Å². The zero-order chi connectivity index (χ0) is 30.4. The van der Waals surface area contributed by atoms with Crippen LogP contribution in [0.15, 0.2) is 72.8 Å². The molecule has 9 heteroatoms. The van der Waals surface area contributed by atoms with Gasteiger partial charge in [-0.1, -0.05) is 18.2 Å². The van der Waals surface area contributed by atoms with Gasteiger partial charge < -0.3 is 29.5 Å². The average molecular weight is 571 g/mol. The molecule has 0 bridgehead atoms. The molecule has 216 valence electrons. The van der Waals surface area contributed by atoms with E-state index in [0.29, 0.717) is 17.2 Å². The Morgan fingerprint density at radius 3 is 1.00 bits per heavy atom. The summed E-state index contributed by atoms with van der Waals surface area (Å²) in [5.41, 5.74) is 5.63. The first kappa shape index (κ1) is 29.7. The summed E-state index contributed by atoms with van der Waals surface area (Å²) in [6.45, 7) is 6.26. The number of aromatic carboxylic acids is 3. The molecule has 0 heterocycles. The first-order valence-corrected chi connectivity index (χ1v) is 13.0. The Kier molecular flexibility index (Phi) is 9.12. The molecule has 0 unspecified atom stereocenters. The van der Waals surface area contributed by atoms with Crippen molar-refractivity contribution in [3.8, 4) is 17.2 Å². The number of carboxylic acid groups (broad SMARTS) is 3. The second-order valence-electron chi connectivity index (χ2n) is 9.68. The van der Waals surface area contributed by atoms with Gasteiger partial charge in [0.15, 0.2) is 0 Å². The number of benzene rings is 4. The molecule has 9 nitrogen and oxygen atoms in total. The third-order valence-corrected chi connectivity index (χ3v) is 7.11. The Bertz CT molecular complexity index is 1440. The van der Waals surface area contributed by atoms with Crippen molar-refractivity contribution >= 4 is 17.9 Å². The lowest BCUT2D eigenvalue weighted by Gasteiger charge is -2.23. The van der Waals surface area contributed by atoms with Crippen LogP contribution in [-0.2, 0) is 19.8 Å². The molecule has 0 aromatic heterocycles. The summed E-state index contributed by atoms with van der Waals surface area (Å²) in [5.74, 6) is -1.95. The molecule has 42 heavy (non-hydrogen) atoms. The lowest BCUT2D eigenvalue weighted by atomic mass is 9.89. The highest BCUT2D eigenvalue weighted by Crippen LogP contribution is 2.31. The van der Waals surface area contributed by atoms with Gasteiger partial charge >= 0.3 is 17.9 Å². The van der Waals surface area contributed by atoms with Crippen molar-refractivity contribution in [2.45, 2.75) is 40.6 Å². The molecule has 0 aliphatic carbocycles. The molecule has 0 aliphatic heterocycles. The van der Waals surface area contributed by atoms with Crippen molar-refractivity contribution in [2.24, 2.45) is 0 Å². The van der Waals surface area contributed by atoms with Crippen LogP contribution < -0.4 is 14.2 Å².